The number of amides is 2. The van der Waals surface area contributed by atoms with E-state index in [0.717, 1.165) is 11.3 Å². The van der Waals surface area contributed by atoms with Gasteiger partial charge < -0.3 is 9.80 Å². The number of para-hydroxylation sites is 1. The number of hydrogen-bond acceptors (Lipinski definition) is 5. The van der Waals surface area contributed by atoms with Crippen LogP contribution in [0.25, 0.3) is 0 Å². The van der Waals surface area contributed by atoms with E-state index in [1.165, 1.54) is 9.80 Å². The number of hydrogen-bond donors (Lipinski definition) is 0. The first-order chi connectivity index (χ1) is 19.3. The van der Waals surface area contributed by atoms with Crippen LogP contribution in [0, 0.1) is 0 Å². The maximum atomic E-state index is 13.9. The maximum absolute atomic E-state index is 13.9. The van der Waals surface area contributed by atoms with Crippen molar-refractivity contribution in [3.8, 4) is 0 Å². The quantitative estimate of drug-likeness (QED) is 0.380. The summed E-state index contributed by atoms with van der Waals surface area (Å²) >= 11 is 0. The van der Waals surface area contributed by atoms with Gasteiger partial charge in [-0.25, -0.2) is 9.97 Å². The van der Waals surface area contributed by atoms with Gasteiger partial charge in [-0.05, 0) is 55.2 Å². The maximum Gasteiger partial charge on any atom is 0.416 e. The summed E-state index contributed by atoms with van der Waals surface area (Å²) in [5, 5.41) is 0. The van der Waals surface area contributed by atoms with Gasteiger partial charge >= 0.3 is 12.4 Å². The van der Waals surface area contributed by atoms with E-state index >= 15 is 0 Å². The molecule has 1 spiro atoms. The molecule has 2 aliphatic heterocycles. The Kier molecular flexibility index (Phi) is 7.16. The van der Waals surface area contributed by atoms with E-state index in [1.54, 1.807) is 12.4 Å². The van der Waals surface area contributed by atoms with Gasteiger partial charge in [0.1, 0.15) is 12.2 Å². The molecule has 2 aromatic carbocycles. The third-order valence-corrected chi connectivity index (χ3v) is 7.56. The van der Waals surface area contributed by atoms with Crippen molar-refractivity contribution in [3.05, 3.63) is 83.2 Å². The van der Waals surface area contributed by atoms with Crippen LogP contribution < -0.4 is 9.80 Å². The summed E-state index contributed by atoms with van der Waals surface area (Å²) in [6.07, 6.45) is -5.96. The van der Waals surface area contributed by atoms with Crippen LogP contribution in [0.2, 0.25) is 0 Å². The molecule has 0 radical (unpaired) electrons. The van der Waals surface area contributed by atoms with Crippen LogP contribution in [0.3, 0.4) is 0 Å². The molecule has 0 N–H and O–H groups in total. The number of alkyl halides is 6. The van der Waals surface area contributed by atoms with E-state index in [4.69, 9.17) is 0 Å². The zero-order valence-corrected chi connectivity index (χ0v) is 21.8. The number of likely N-dealkylation sites (tertiary alicyclic amines) is 1. The fourth-order valence-electron chi connectivity index (χ4n) is 5.29. The molecule has 216 valence electrons. The third-order valence-electron chi connectivity index (χ3n) is 7.56. The molecule has 5 rings (SSSR count). The number of aromatic nitrogens is 2. The molecule has 0 bridgehead atoms. The molecule has 7 nitrogen and oxygen atoms in total. The fraction of sp³-hybridized carbons (Fsp3) is 0.357. The van der Waals surface area contributed by atoms with Crippen LogP contribution in [0.15, 0.2) is 60.9 Å². The predicted octanol–water partition coefficient (Wildman–Crippen LogP) is 5.56. The Morgan fingerprint density at radius 2 is 1.46 bits per heavy atom. The molecular formula is C28H25F6N5O2. The zero-order chi connectivity index (χ0) is 29.6. The van der Waals surface area contributed by atoms with E-state index in [2.05, 4.69) is 9.97 Å². The van der Waals surface area contributed by atoms with Gasteiger partial charge in [-0.3, -0.25) is 14.5 Å². The molecule has 2 saturated heterocycles. The molecule has 0 atom stereocenters. The SMILES string of the molecule is CCc1cnc(N2CN(c3ccccc3)C3(CCN(C(=O)c4cc(C(F)(F)F)cc(C(F)(F)F)c4)CC3)C2=O)nc1. The minimum atomic E-state index is -5.07. The Balaban J connectivity index is 1.44. The molecule has 0 unspecified atom stereocenters. The Bertz CT molecular complexity index is 1400. The van der Waals surface area contributed by atoms with Gasteiger partial charge in [-0.2, -0.15) is 26.3 Å². The van der Waals surface area contributed by atoms with Crippen LogP contribution in [0.4, 0.5) is 38.0 Å². The van der Waals surface area contributed by atoms with E-state index in [1.807, 2.05) is 42.2 Å². The molecule has 0 aliphatic carbocycles. The molecule has 3 heterocycles. The summed E-state index contributed by atoms with van der Waals surface area (Å²) in [6, 6.07) is 9.96. The lowest BCUT2D eigenvalue weighted by Gasteiger charge is -2.43. The minimum Gasteiger partial charge on any atom is -0.338 e. The van der Waals surface area contributed by atoms with Crippen molar-refractivity contribution in [2.45, 2.75) is 44.1 Å². The highest BCUT2D eigenvalue weighted by molar-refractivity contribution is 6.05. The van der Waals surface area contributed by atoms with E-state index < -0.39 is 40.5 Å². The van der Waals surface area contributed by atoms with Gasteiger partial charge in [0.25, 0.3) is 11.8 Å². The Labute approximate surface area is 231 Å². The van der Waals surface area contributed by atoms with Crippen molar-refractivity contribution in [3.63, 3.8) is 0 Å². The first-order valence-corrected chi connectivity index (χ1v) is 12.9. The Morgan fingerprint density at radius 1 is 0.902 bits per heavy atom. The molecule has 2 aliphatic rings. The smallest absolute Gasteiger partial charge is 0.338 e. The highest BCUT2D eigenvalue weighted by atomic mass is 19.4. The number of piperidine rings is 1. The van der Waals surface area contributed by atoms with Crippen LogP contribution in [-0.2, 0) is 23.6 Å². The molecule has 2 fully saturated rings. The van der Waals surface area contributed by atoms with Crippen molar-refractivity contribution >= 4 is 23.5 Å². The monoisotopic (exact) mass is 577 g/mol. The van der Waals surface area contributed by atoms with Gasteiger partial charge in [0.15, 0.2) is 0 Å². The van der Waals surface area contributed by atoms with Crippen LogP contribution >= 0.6 is 0 Å². The molecule has 13 heteroatoms. The summed E-state index contributed by atoms with van der Waals surface area (Å²) in [5.41, 5.74) is -3.32. The Morgan fingerprint density at radius 3 is 1.98 bits per heavy atom. The van der Waals surface area contributed by atoms with Crippen LogP contribution in [0.5, 0.6) is 0 Å². The third kappa shape index (κ3) is 5.32. The summed E-state index contributed by atoms with van der Waals surface area (Å²) in [5.74, 6) is -1.05. The average molecular weight is 578 g/mol. The topological polar surface area (TPSA) is 69.6 Å². The van der Waals surface area contributed by atoms with Gasteiger partial charge in [0.2, 0.25) is 5.95 Å². The largest absolute Gasteiger partial charge is 0.416 e. The lowest BCUT2D eigenvalue weighted by atomic mass is 9.85. The number of benzene rings is 2. The molecular weight excluding hydrogens is 552 g/mol. The summed E-state index contributed by atoms with van der Waals surface area (Å²) in [4.78, 5) is 40.4. The van der Waals surface area contributed by atoms with Crippen molar-refractivity contribution < 1.29 is 35.9 Å². The van der Waals surface area contributed by atoms with Crippen molar-refractivity contribution in [1.82, 2.24) is 14.9 Å². The highest BCUT2D eigenvalue weighted by Crippen LogP contribution is 2.41. The van der Waals surface area contributed by atoms with Gasteiger partial charge in [0, 0.05) is 36.7 Å². The number of nitrogens with zero attached hydrogens (tertiary/aromatic N) is 5. The Hall–Kier alpha value is -4.16. The zero-order valence-electron chi connectivity index (χ0n) is 21.8. The van der Waals surface area contributed by atoms with Crippen molar-refractivity contribution in [2.75, 3.05) is 29.6 Å². The number of carbonyl (C=O) groups excluding carboxylic acids is 2. The predicted molar refractivity (Wildman–Crippen MR) is 137 cm³/mol. The van der Waals surface area contributed by atoms with Crippen molar-refractivity contribution in [1.29, 1.82) is 0 Å². The highest BCUT2D eigenvalue weighted by Gasteiger charge is 2.55. The van der Waals surface area contributed by atoms with Gasteiger partial charge in [-0.1, -0.05) is 25.1 Å². The minimum absolute atomic E-state index is 0.0133. The first kappa shape index (κ1) is 28.4. The van der Waals surface area contributed by atoms with Gasteiger partial charge in [-0.15, -0.1) is 0 Å². The lowest BCUT2D eigenvalue weighted by Crippen LogP contribution is -2.57. The summed E-state index contributed by atoms with van der Waals surface area (Å²) in [6.45, 7) is 1.96. The molecule has 41 heavy (non-hydrogen) atoms. The van der Waals surface area contributed by atoms with E-state index in [-0.39, 0.29) is 50.5 Å². The normalized spacial score (nSPS) is 17.4. The first-order valence-electron chi connectivity index (χ1n) is 12.9. The number of aryl methyl sites for hydroxylation is 1. The van der Waals surface area contributed by atoms with E-state index in [0.29, 0.717) is 18.6 Å². The number of carbonyl (C=O) groups is 2. The second-order valence-electron chi connectivity index (χ2n) is 10.0. The van der Waals surface area contributed by atoms with Gasteiger partial charge in [0.05, 0.1) is 11.1 Å². The fourth-order valence-corrected chi connectivity index (χ4v) is 5.29. The van der Waals surface area contributed by atoms with Crippen molar-refractivity contribution in [2.24, 2.45) is 0 Å². The number of anilines is 2. The van der Waals surface area contributed by atoms with E-state index in [9.17, 15) is 35.9 Å². The number of rotatable bonds is 4. The van der Waals surface area contributed by atoms with Crippen LogP contribution in [-0.4, -0.2) is 52.0 Å². The second-order valence-corrected chi connectivity index (χ2v) is 10.0. The van der Waals surface area contributed by atoms with Crippen LogP contribution in [0.1, 0.15) is 46.8 Å². The number of halogens is 6. The molecule has 1 aromatic heterocycles. The molecule has 2 amide bonds. The molecule has 3 aromatic rings. The second kappa shape index (κ2) is 10.3. The average Bonchev–Trinajstić information content (AvgIpc) is 3.23. The summed E-state index contributed by atoms with van der Waals surface area (Å²) < 4.78 is 80.1. The standard InChI is InChI=1S/C28H25F6N5O2/c1-2-18-15-35-25(36-16-18)38-17-39(22-6-4-3-5-7-22)26(24(38)41)8-10-37(11-9-26)23(40)19-12-20(27(29,30)31)14-21(13-19)28(32,33)34/h3-7,12-16H,2,8-11,17H2,1H3. The molecule has 0 saturated carbocycles. The lowest BCUT2D eigenvalue weighted by molar-refractivity contribution is -0.143. The summed E-state index contributed by atoms with van der Waals surface area (Å²) in [7, 11) is 0.